The molecule has 3 aromatic rings. The van der Waals surface area contributed by atoms with E-state index in [4.69, 9.17) is 25.6 Å². The van der Waals surface area contributed by atoms with Crippen molar-refractivity contribution in [3.8, 4) is 11.5 Å². The standard InChI is InChI=1S/C21H21ClN2O4/c1-13(15-6-4-8-17(10-15)26-3)23-21(25)20-19(14(2)28-24-20)12-27-18-9-5-7-16(22)11-18/h4-11,13H,12H2,1-3H3,(H,23,25). The average Bonchev–Trinajstić information content (AvgIpc) is 3.07. The second-order valence-electron chi connectivity index (χ2n) is 6.28. The van der Waals surface area contributed by atoms with Crippen molar-refractivity contribution in [3.05, 3.63) is 76.1 Å². The summed E-state index contributed by atoms with van der Waals surface area (Å²) >= 11 is 5.97. The highest BCUT2D eigenvalue weighted by Gasteiger charge is 2.22. The first-order chi connectivity index (χ1) is 13.5. The predicted molar refractivity (Wildman–Crippen MR) is 106 cm³/mol. The van der Waals surface area contributed by atoms with Crippen LogP contribution < -0.4 is 14.8 Å². The van der Waals surface area contributed by atoms with Gasteiger partial charge in [0.25, 0.3) is 5.91 Å². The molecule has 1 aromatic heterocycles. The zero-order valence-corrected chi connectivity index (χ0v) is 16.6. The van der Waals surface area contributed by atoms with Crippen molar-refractivity contribution in [3.63, 3.8) is 0 Å². The molecule has 1 unspecified atom stereocenters. The topological polar surface area (TPSA) is 73.6 Å². The molecule has 0 aliphatic heterocycles. The van der Waals surface area contributed by atoms with Gasteiger partial charge in [0.1, 0.15) is 23.9 Å². The van der Waals surface area contributed by atoms with E-state index in [2.05, 4.69) is 10.5 Å². The minimum absolute atomic E-state index is 0.145. The number of hydrogen-bond donors (Lipinski definition) is 1. The Morgan fingerprint density at radius 2 is 1.96 bits per heavy atom. The van der Waals surface area contributed by atoms with Crippen molar-refractivity contribution in [1.82, 2.24) is 10.5 Å². The average molecular weight is 401 g/mol. The molecule has 146 valence electrons. The molecule has 6 nitrogen and oxygen atoms in total. The molecule has 2 aromatic carbocycles. The van der Waals surface area contributed by atoms with Crippen molar-refractivity contribution >= 4 is 17.5 Å². The Balaban J connectivity index is 1.71. The molecule has 0 saturated heterocycles. The molecular weight excluding hydrogens is 380 g/mol. The number of halogens is 1. The van der Waals surface area contributed by atoms with E-state index in [-0.39, 0.29) is 24.2 Å². The van der Waals surface area contributed by atoms with Gasteiger partial charge in [0, 0.05) is 5.02 Å². The number of nitrogens with one attached hydrogen (secondary N) is 1. The molecule has 0 bridgehead atoms. The lowest BCUT2D eigenvalue weighted by Crippen LogP contribution is -2.28. The summed E-state index contributed by atoms with van der Waals surface area (Å²) in [6.07, 6.45) is 0. The van der Waals surface area contributed by atoms with E-state index in [1.165, 1.54) is 0 Å². The third kappa shape index (κ3) is 4.64. The van der Waals surface area contributed by atoms with Gasteiger partial charge in [-0.15, -0.1) is 0 Å². The number of rotatable bonds is 7. The number of benzene rings is 2. The fourth-order valence-corrected chi connectivity index (χ4v) is 2.89. The van der Waals surface area contributed by atoms with Gasteiger partial charge < -0.3 is 19.3 Å². The van der Waals surface area contributed by atoms with Crippen LogP contribution in [0.4, 0.5) is 0 Å². The maximum absolute atomic E-state index is 12.7. The molecule has 1 heterocycles. The first-order valence-electron chi connectivity index (χ1n) is 8.76. The van der Waals surface area contributed by atoms with Crippen molar-refractivity contribution < 1.29 is 18.8 Å². The smallest absolute Gasteiger partial charge is 0.274 e. The van der Waals surface area contributed by atoms with Crippen LogP contribution in [0.3, 0.4) is 0 Å². The Kier molecular flexibility index (Phi) is 6.21. The normalized spacial score (nSPS) is 11.7. The zero-order valence-electron chi connectivity index (χ0n) is 15.9. The van der Waals surface area contributed by atoms with Crippen molar-refractivity contribution in [2.24, 2.45) is 0 Å². The molecule has 0 saturated carbocycles. The quantitative estimate of drug-likeness (QED) is 0.621. The van der Waals surface area contributed by atoms with Crippen LogP contribution in [0.1, 0.15) is 40.3 Å². The third-order valence-electron chi connectivity index (χ3n) is 4.32. The first kappa shape index (κ1) is 19.8. The Labute approximate surface area is 168 Å². The minimum Gasteiger partial charge on any atom is -0.497 e. The van der Waals surface area contributed by atoms with E-state index in [0.29, 0.717) is 22.1 Å². The number of ether oxygens (including phenoxy) is 2. The lowest BCUT2D eigenvalue weighted by Gasteiger charge is -2.15. The van der Waals surface area contributed by atoms with E-state index in [1.807, 2.05) is 31.2 Å². The van der Waals surface area contributed by atoms with Gasteiger partial charge in [-0.25, -0.2) is 0 Å². The van der Waals surface area contributed by atoms with Gasteiger partial charge in [0.05, 0.1) is 18.7 Å². The Bertz CT molecular complexity index is 971. The number of methoxy groups -OCH3 is 1. The molecule has 28 heavy (non-hydrogen) atoms. The molecule has 7 heteroatoms. The molecule has 1 N–H and O–H groups in total. The summed E-state index contributed by atoms with van der Waals surface area (Å²) in [5.41, 5.74) is 1.72. The minimum atomic E-state index is -0.336. The van der Waals surface area contributed by atoms with Crippen LogP contribution in [0.15, 0.2) is 53.1 Å². The highest BCUT2D eigenvalue weighted by Crippen LogP contribution is 2.22. The number of amides is 1. The molecule has 0 aliphatic carbocycles. The maximum atomic E-state index is 12.7. The summed E-state index contributed by atoms with van der Waals surface area (Å²) in [7, 11) is 1.60. The van der Waals surface area contributed by atoms with Gasteiger partial charge in [0.2, 0.25) is 0 Å². The molecular formula is C21H21ClN2O4. The molecule has 0 spiro atoms. The van der Waals surface area contributed by atoms with Gasteiger partial charge in [0.15, 0.2) is 5.69 Å². The SMILES string of the molecule is COc1cccc(C(C)NC(=O)c2noc(C)c2COc2cccc(Cl)c2)c1. The maximum Gasteiger partial charge on any atom is 0.274 e. The molecule has 1 atom stereocenters. The summed E-state index contributed by atoms with van der Waals surface area (Å²) in [4.78, 5) is 12.7. The van der Waals surface area contributed by atoms with E-state index in [9.17, 15) is 4.79 Å². The van der Waals surface area contributed by atoms with Gasteiger partial charge in [-0.2, -0.15) is 0 Å². The molecule has 0 radical (unpaired) electrons. The number of aryl methyl sites for hydroxylation is 1. The van der Waals surface area contributed by atoms with Crippen molar-refractivity contribution in [2.45, 2.75) is 26.5 Å². The predicted octanol–water partition coefficient (Wildman–Crippen LogP) is 4.72. The van der Waals surface area contributed by atoms with Crippen LogP contribution in [-0.4, -0.2) is 18.2 Å². The monoisotopic (exact) mass is 400 g/mol. The van der Waals surface area contributed by atoms with Crippen LogP contribution in [0, 0.1) is 6.92 Å². The third-order valence-corrected chi connectivity index (χ3v) is 4.56. The van der Waals surface area contributed by atoms with Gasteiger partial charge in [-0.1, -0.05) is 35.0 Å². The van der Waals surface area contributed by atoms with E-state index >= 15 is 0 Å². The Morgan fingerprint density at radius 1 is 1.21 bits per heavy atom. The van der Waals surface area contributed by atoms with Crippen LogP contribution in [0.25, 0.3) is 0 Å². The lowest BCUT2D eigenvalue weighted by atomic mass is 10.1. The highest BCUT2D eigenvalue weighted by atomic mass is 35.5. The van der Waals surface area contributed by atoms with Crippen LogP contribution in [-0.2, 0) is 6.61 Å². The summed E-state index contributed by atoms with van der Waals surface area (Å²) in [5, 5.41) is 7.41. The lowest BCUT2D eigenvalue weighted by molar-refractivity contribution is 0.0928. The molecule has 3 rings (SSSR count). The number of carbonyl (C=O) groups excluding carboxylic acids is 1. The van der Waals surface area contributed by atoms with Crippen LogP contribution in [0.2, 0.25) is 5.02 Å². The summed E-state index contributed by atoms with van der Waals surface area (Å²) < 4.78 is 16.2. The van der Waals surface area contributed by atoms with Gasteiger partial charge in [-0.05, 0) is 49.7 Å². The largest absolute Gasteiger partial charge is 0.497 e. The summed E-state index contributed by atoms with van der Waals surface area (Å²) in [5.74, 6) is 1.52. The zero-order chi connectivity index (χ0) is 20.1. The van der Waals surface area contributed by atoms with Gasteiger partial charge in [-0.3, -0.25) is 4.79 Å². The van der Waals surface area contributed by atoms with Crippen molar-refractivity contribution in [1.29, 1.82) is 0 Å². The van der Waals surface area contributed by atoms with Crippen molar-refractivity contribution in [2.75, 3.05) is 7.11 Å². The van der Waals surface area contributed by atoms with E-state index in [0.717, 1.165) is 11.3 Å². The summed E-state index contributed by atoms with van der Waals surface area (Å²) in [6, 6.07) is 14.3. The first-order valence-corrected chi connectivity index (χ1v) is 9.14. The number of carbonyl (C=O) groups is 1. The fourth-order valence-electron chi connectivity index (χ4n) is 2.71. The number of hydrogen-bond acceptors (Lipinski definition) is 5. The van der Waals surface area contributed by atoms with E-state index < -0.39 is 0 Å². The van der Waals surface area contributed by atoms with E-state index in [1.54, 1.807) is 38.3 Å². The molecule has 0 fully saturated rings. The molecule has 0 aliphatic rings. The number of aromatic nitrogens is 1. The Hall–Kier alpha value is -2.99. The van der Waals surface area contributed by atoms with Crippen LogP contribution in [0.5, 0.6) is 11.5 Å². The van der Waals surface area contributed by atoms with Gasteiger partial charge >= 0.3 is 0 Å². The highest BCUT2D eigenvalue weighted by molar-refractivity contribution is 6.30. The second-order valence-corrected chi connectivity index (χ2v) is 6.72. The Morgan fingerprint density at radius 3 is 2.71 bits per heavy atom. The van der Waals surface area contributed by atoms with Crippen LogP contribution >= 0.6 is 11.6 Å². The fraction of sp³-hybridized carbons (Fsp3) is 0.238. The molecule has 1 amide bonds. The second kappa shape index (κ2) is 8.80. The summed E-state index contributed by atoms with van der Waals surface area (Å²) in [6.45, 7) is 3.78. The number of nitrogens with zero attached hydrogens (tertiary/aromatic N) is 1.